The molecule has 1 atom stereocenters. The summed E-state index contributed by atoms with van der Waals surface area (Å²) in [5, 5.41) is 3.29. The van der Waals surface area contributed by atoms with E-state index in [2.05, 4.69) is 17.2 Å². The van der Waals surface area contributed by atoms with E-state index in [0.717, 1.165) is 42.3 Å². The zero-order valence-corrected chi connectivity index (χ0v) is 20.1. The lowest BCUT2D eigenvalue weighted by molar-refractivity contribution is -0.134. The molecule has 3 heterocycles. The predicted octanol–water partition coefficient (Wildman–Crippen LogP) is 3.87. The van der Waals surface area contributed by atoms with Gasteiger partial charge in [-0.1, -0.05) is 25.1 Å². The molecule has 1 N–H and O–H groups in total. The first kappa shape index (κ1) is 21.9. The van der Waals surface area contributed by atoms with E-state index < -0.39 is 5.54 Å². The Labute approximate surface area is 204 Å². The first-order valence-electron chi connectivity index (χ1n) is 12.4. The van der Waals surface area contributed by atoms with Gasteiger partial charge in [0.1, 0.15) is 5.54 Å². The lowest BCUT2D eigenvalue weighted by Gasteiger charge is -2.44. The van der Waals surface area contributed by atoms with E-state index in [4.69, 9.17) is 9.47 Å². The fourth-order valence-electron chi connectivity index (χ4n) is 5.54. The number of amides is 2. The third-order valence-corrected chi connectivity index (χ3v) is 7.77. The molecule has 6 rings (SSSR count). The second-order valence-electron chi connectivity index (χ2n) is 10.3. The standard InChI is InChI=1S/C27H30N4O4/c1-17-7-10-19(11-8-17)28-26(33)27(2)15-30-21-6-4-3-5-20(21)29-24(30)25(32)31(27)14-18-9-12-22-23(13-18)35-16-34-22/h3-6,9,12-13,17,19H,7-8,10-11,14-16H2,1-2H3,(H,28,33). The molecule has 1 aliphatic carbocycles. The van der Waals surface area contributed by atoms with Crippen LogP contribution in [0.15, 0.2) is 42.5 Å². The number of nitrogens with one attached hydrogen (secondary N) is 1. The van der Waals surface area contributed by atoms with E-state index in [0.29, 0.717) is 29.8 Å². The normalized spacial score (nSPS) is 25.5. The topological polar surface area (TPSA) is 85.7 Å². The summed E-state index contributed by atoms with van der Waals surface area (Å²) < 4.78 is 12.9. The van der Waals surface area contributed by atoms with Crippen LogP contribution in [-0.2, 0) is 17.9 Å². The summed E-state index contributed by atoms with van der Waals surface area (Å²) in [6.45, 7) is 4.93. The van der Waals surface area contributed by atoms with E-state index in [9.17, 15) is 9.59 Å². The first-order valence-corrected chi connectivity index (χ1v) is 12.4. The number of imidazole rings is 1. The lowest BCUT2D eigenvalue weighted by atomic mass is 9.86. The SMILES string of the molecule is CC1CCC(NC(=O)C2(C)Cn3c(nc4ccccc43)C(=O)N2Cc2ccc3c(c2)OCO3)CC1. The summed E-state index contributed by atoms with van der Waals surface area (Å²) in [5.41, 5.74) is 1.42. The molecule has 1 fully saturated rings. The van der Waals surface area contributed by atoms with Crippen molar-refractivity contribution >= 4 is 22.8 Å². The molecule has 2 aliphatic heterocycles. The summed E-state index contributed by atoms with van der Waals surface area (Å²) in [6, 6.07) is 13.5. The molecule has 0 saturated heterocycles. The second-order valence-corrected chi connectivity index (χ2v) is 10.3. The van der Waals surface area contributed by atoms with Crippen LogP contribution in [0, 0.1) is 5.92 Å². The zero-order chi connectivity index (χ0) is 24.2. The average Bonchev–Trinajstić information content (AvgIpc) is 3.47. The number of ether oxygens (including phenoxy) is 2. The van der Waals surface area contributed by atoms with E-state index >= 15 is 0 Å². The second kappa shape index (κ2) is 8.29. The molecule has 3 aromatic rings. The molecule has 1 aromatic heterocycles. The minimum Gasteiger partial charge on any atom is -0.454 e. The highest BCUT2D eigenvalue weighted by Crippen LogP contribution is 2.36. The van der Waals surface area contributed by atoms with Crippen LogP contribution in [0.1, 0.15) is 55.7 Å². The quantitative estimate of drug-likeness (QED) is 0.620. The van der Waals surface area contributed by atoms with E-state index in [1.807, 2.05) is 54.0 Å². The fraction of sp³-hybridized carbons (Fsp3) is 0.444. The van der Waals surface area contributed by atoms with Gasteiger partial charge in [0, 0.05) is 12.6 Å². The molecule has 0 bridgehead atoms. The highest BCUT2D eigenvalue weighted by Gasteiger charge is 2.49. The maximum Gasteiger partial charge on any atom is 0.291 e. The largest absolute Gasteiger partial charge is 0.454 e. The molecule has 8 heteroatoms. The van der Waals surface area contributed by atoms with Crippen molar-refractivity contribution in [3.8, 4) is 11.5 Å². The molecular weight excluding hydrogens is 444 g/mol. The number of aromatic nitrogens is 2. The monoisotopic (exact) mass is 474 g/mol. The number of carbonyl (C=O) groups is 2. The van der Waals surface area contributed by atoms with Crippen LogP contribution in [0.4, 0.5) is 0 Å². The minimum absolute atomic E-state index is 0.116. The van der Waals surface area contributed by atoms with E-state index in [1.54, 1.807) is 4.90 Å². The Morgan fingerprint density at radius 1 is 1.11 bits per heavy atom. The van der Waals surface area contributed by atoms with Gasteiger partial charge in [-0.2, -0.15) is 0 Å². The average molecular weight is 475 g/mol. The van der Waals surface area contributed by atoms with Crippen molar-refractivity contribution in [2.24, 2.45) is 5.92 Å². The van der Waals surface area contributed by atoms with Crippen molar-refractivity contribution in [3.05, 3.63) is 53.9 Å². The van der Waals surface area contributed by atoms with Gasteiger partial charge >= 0.3 is 0 Å². The van der Waals surface area contributed by atoms with Gasteiger partial charge in [0.05, 0.1) is 17.6 Å². The zero-order valence-electron chi connectivity index (χ0n) is 20.1. The Kier molecular flexibility index (Phi) is 5.20. The molecule has 0 spiro atoms. The highest BCUT2D eigenvalue weighted by molar-refractivity contribution is 6.01. The Bertz CT molecular complexity index is 1310. The number of carbonyl (C=O) groups excluding carboxylic acids is 2. The predicted molar refractivity (Wildman–Crippen MR) is 130 cm³/mol. The van der Waals surface area contributed by atoms with Crippen LogP contribution in [0.3, 0.4) is 0 Å². The van der Waals surface area contributed by atoms with Gasteiger partial charge in [-0.25, -0.2) is 4.98 Å². The maximum atomic E-state index is 13.9. The summed E-state index contributed by atoms with van der Waals surface area (Å²) in [5.74, 6) is 2.03. The Hall–Kier alpha value is -3.55. The number of hydrogen-bond donors (Lipinski definition) is 1. The van der Waals surface area contributed by atoms with Crippen LogP contribution < -0.4 is 14.8 Å². The number of hydrogen-bond acceptors (Lipinski definition) is 5. The third-order valence-electron chi connectivity index (χ3n) is 7.77. The molecule has 182 valence electrons. The number of fused-ring (bicyclic) bond motifs is 4. The number of nitrogens with zero attached hydrogens (tertiary/aromatic N) is 3. The molecule has 0 radical (unpaired) electrons. The van der Waals surface area contributed by atoms with Crippen molar-refractivity contribution < 1.29 is 19.1 Å². The summed E-state index contributed by atoms with van der Waals surface area (Å²) in [6.07, 6.45) is 4.16. The van der Waals surface area contributed by atoms with Gasteiger partial charge in [-0.05, 0) is 68.4 Å². The maximum absolute atomic E-state index is 13.9. The van der Waals surface area contributed by atoms with Gasteiger partial charge < -0.3 is 24.3 Å². The van der Waals surface area contributed by atoms with Gasteiger partial charge in [-0.15, -0.1) is 0 Å². The van der Waals surface area contributed by atoms with Crippen molar-refractivity contribution in [1.82, 2.24) is 19.8 Å². The molecule has 1 unspecified atom stereocenters. The first-order chi connectivity index (χ1) is 16.9. The summed E-state index contributed by atoms with van der Waals surface area (Å²) in [4.78, 5) is 34.1. The highest BCUT2D eigenvalue weighted by atomic mass is 16.7. The lowest BCUT2D eigenvalue weighted by Crippen LogP contribution is -2.64. The summed E-state index contributed by atoms with van der Waals surface area (Å²) in [7, 11) is 0. The van der Waals surface area contributed by atoms with Crippen molar-refractivity contribution in [1.29, 1.82) is 0 Å². The van der Waals surface area contributed by atoms with Gasteiger partial charge in [0.25, 0.3) is 5.91 Å². The number of benzene rings is 2. The third kappa shape index (κ3) is 3.72. The van der Waals surface area contributed by atoms with E-state index in [-0.39, 0.29) is 31.2 Å². The Morgan fingerprint density at radius 2 is 1.89 bits per heavy atom. The van der Waals surface area contributed by atoms with Gasteiger partial charge in [0.2, 0.25) is 12.7 Å². The van der Waals surface area contributed by atoms with Crippen molar-refractivity contribution in [2.45, 2.75) is 64.2 Å². The molecule has 3 aliphatic rings. The molecular formula is C27H30N4O4. The Morgan fingerprint density at radius 3 is 2.71 bits per heavy atom. The fourth-order valence-corrected chi connectivity index (χ4v) is 5.54. The summed E-state index contributed by atoms with van der Waals surface area (Å²) >= 11 is 0. The molecule has 8 nitrogen and oxygen atoms in total. The minimum atomic E-state index is -1.08. The molecule has 2 aromatic carbocycles. The van der Waals surface area contributed by atoms with Crippen LogP contribution in [0.25, 0.3) is 11.0 Å². The smallest absolute Gasteiger partial charge is 0.291 e. The van der Waals surface area contributed by atoms with Gasteiger partial charge in [-0.3, -0.25) is 9.59 Å². The number of rotatable bonds is 4. The van der Waals surface area contributed by atoms with Crippen LogP contribution >= 0.6 is 0 Å². The van der Waals surface area contributed by atoms with Crippen LogP contribution in [0.5, 0.6) is 11.5 Å². The Balaban J connectivity index is 1.37. The van der Waals surface area contributed by atoms with Crippen molar-refractivity contribution in [3.63, 3.8) is 0 Å². The van der Waals surface area contributed by atoms with Crippen LogP contribution in [-0.4, -0.2) is 44.6 Å². The van der Waals surface area contributed by atoms with Crippen molar-refractivity contribution in [2.75, 3.05) is 6.79 Å². The molecule has 1 saturated carbocycles. The van der Waals surface area contributed by atoms with Gasteiger partial charge in [0.15, 0.2) is 17.3 Å². The number of para-hydroxylation sites is 2. The van der Waals surface area contributed by atoms with E-state index in [1.165, 1.54) is 0 Å². The van der Waals surface area contributed by atoms with Crippen LogP contribution in [0.2, 0.25) is 0 Å². The molecule has 2 amide bonds. The molecule has 35 heavy (non-hydrogen) atoms.